The van der Waals surface area contributed by atoms with Crippen LogP contribution in [-0.2, 0) is 0 Å². The summed E-state index contributed by atoms with van der Waals surface area (Å²) < 4.78 is 5.89. The van der Waals surface area contributed by atoms with Crippen molar-refractivity contribution in [3.05, 3.63) is 72.1 Å². The Labute approximate surface area is 217 Å². The summed E-state index contributed by atoms with van der Waals surface area (Å²) in [4.78, 5) is 11.4. The summed E-state index contributed by atoms with van der Waals surface area (Å²) in [7, 11) is 0. The van der Waals surface area contributed by atoms with E-state index in [0.717, 1.165) is 30.2 Å². The van der Waals surface area contributed by atoms with E-state index in [1.165, 1.54) is 45.3 Å². The van der Waals surface area contributed by atoms with Crippen molar-refractivity contribution in [1.82, 2.24) is 20.2 Å². The quantitative estimate of drug-likeness (QED) is 0.368. The molecule has 4 aliphatic rings. The Hall–Kier alpha value is -3.49. The fraction of sp³-hybridized carbons (Fsp3) is 0.414. The third-order valence-electron chi connectivity index (χ3n) is 8.88. The molecule has 3 aromatic rings. The molecular formula is C29H33N7O. The molecule has 8 nitrogen and oxygen atoms in total. The Balaban J connectivity index is 0.977. The lowest BCUT2D eigenvalue weighted by atomic mass is 9.56. The van der Waals surface area contributed by atoms with Crippen LogP contribution in [0.3, 0.4) is 0 Å². The zero-order valence-electron chi connectivity index (χ0n) is 20.9. The summed E-state index contributed by atoms with van der Waals surface area (Å²) in [5, 5.41) is 15.9. The van der Waals surface area contributed by atoms with Crippen LogP contribution in [0.15, 0.2) is 60.9 Å². The van der Waals surface area contributed by atoms with Gasteiger partial charge in [-0.25, -0.2) is 9.97 Å². The predicted octanol–water partition coefficient (Wildman–Crippen LogP) is 3.90. The molecule has 2 aromatic carbocycles. The SMILES string of the molecule is N=C(c1ccc(Oc2ccccc2)cc1)c1c(N)ncnc1NC1CC2(C1)CN(C1CC3(CNC3)C1)C2. The maximum absolute atomic E-state index is 8.89. The molecule has 0 unspecified atom stereocenters. The Morgan fingerprint density at radius 2 is 1.65 bits per heavy atom. The first kappa shape index (κ1) is 22.7. The van der Waals surface area contributed by atoms with Gasteiger partial charge in [0.25, 0.3) is 0 Å². The van der Waals surface area contributed by atoms with Gasteiger partial charge in [-0.3, -0.25) is 10.3 Å². The van der Waals surface area contributed by atoms with Crippen LogP contribution in [0.5, 0.6) is 11.5 Å². The Bertz CT molecular complexity index is 1300. The van der Waals surface area contributed by atoms with E-state index in [9.17, 15) is 0 Å². The van der Waals surface area contributed by atoms with Crippen molar-refractivity contribution in [3.63, 3.8) is 0 Å². The molecule has 1 aromatic heterocycles. The number of ether oxygens (including phenoxy) is 1. The molecule has 2 aliphatic carbocycles. The van der Waals surface area contributed by atoms with Gasteiger partial charge in [0.1, 0.15) is 29.5 Å². The second kappa shape index (κ2) is 8.53. The zero-order chi connectivity index (χ0) is 25.0. The lowest BCUT2D eigenvalue weighted by Gasteiger charge is -2.66. The van der Waals surface area contributed by atoms with Crippen molar-refractivity contribution in [1.29, 1.82) is 5.41 Å². The molecular weight excluding hydrogens is 462 g/mol. The molecule has 190 valence electrons. The minimum Gasteiger partial charge on any atom is -0.457 e. The Kier molecular flexibility index (Phi) is 5.23. The van der Waals surface area contributed by atoms with E-state index in [4.69, 9.17) is 15.9 Å². The molecule has 0 bridgehead atoms. The number of likely N-dealkylation sites (tertiary alicyclic amines) is 1. The van der Waals surface area contributed by atoms with Gasteiger partial charge in [-0.05, 0) is 72.9 Å². The molecule has 37 heavy (non-hydrogen) atoms. The van der Waals surface area contributed by atoms with Gasteiger partial charge in [0.05, 0.1) is 11.3 Å². The van der Waals surface area contributed by atoms with E-state index < -0.39 is 0 Å². The average molecular weight is 496 g/mol. The van der Waals surface area contributed by atoms with Crippen molar-refractivity contribution in [2.75, 3.05) is 37.2 Å². The molecule has 2 aliphatic heterocycles. The van der Waals surface area contributed by atoms with Gasteiger partial charge in [-0.15, -0.1) is 0 Å². The molecule has 4 fully saturated rings. The number of hydrogen-bond donors (Lipinski definition) is 4. The highest BCUT2D eigenvalue weighted by Crippen LogP contribution is 2.55. The fourth-order valence-corrected chi connectivity index (χ4v) is 6.79. The zero-order valence-corrected chi connectivity index (χ0v) is 20.9. The van der Waals surface area contributed by atoms with E-state index in [0.29, 0.717) is 45.5 Å². The number of nitrogens with two attached hydrogens (primary N) is 1. The molecule has 0 amide bonds. The minimum atomic E-state index is 0.306. The van der Waals surface area contributed by atoms with Crippen LogP contribution in [0.2, 0.25) is 0 Å². The first-order valence-electron chi connectivity index (χ1n) is 13.2. The lowest BCUT2D eigenvalue weighted by molar-refractivity contribution is -0.141. The molecule has 5 N–H and O–H groups in total. The maximum Gasteiger partial charge on any atom is 0.141 e. The van der Waals surface area contributed by atoms with Crippen LogP contribution >= 0.6 is 0 Å². The monoisotopic (exact) mass is 495 g/mol. The smallest absolute Gasteiger partial charge is 0.141 e. The number of anilines is 2. The summed E-state index contributed by atoms with van der Waals surface area (Å²) in [6.45, 7) is 4.90. The summed E-state index contributed by atoms with van der Waals surface area (Å²) in [6, 6.07) is 18.3. The normalized spacial score (nSPS) is 23.4. The number of nitrogens with zero attached hydrogens (tertiary/aromatic N) is 3. The third-order valence-corrected chi connectivity index (χ3v) is 8.88. The van der Waals surface area contributed by atoms with E-state index >= 15 is 0 Å². The highest BCUT2D eigenvalue weighted by Gasteiger charge is 2.58. The van der Waals surface area contributed by atoms with Crippen LogP contribution < -0.4 is 21.1 Å². The number of nitrogen functional groups attached to an aromatic ring is 1. The van der Waals surface area contributed by atoms with Gasteiger partial charge in [-0.2, -0.15) is 0 Å². The van der Waals surface area contributed by atoms with E-state index in [1.807, 2.05) is 54.6 Å². The van der Waals surface area contributed by atoms with Crippen molar-refractivity contribution >= 4 is 17.3 Å². The van der Waals surface area contributed by atoms with E-state index in [1.54, 1.807) is 0 Å². The maximum atomic E-state index is 8.89. The van der Waals surface area contributed by atoms with Crippen LogP contribution in [-0.4, -0.2) is 58.8 Å². The van der Waals surface area contributed by atoms with Gasteiger partial charge >= 0.3 is 0 Å². The van der Waals surface area contributed by atoms with Crippen molar-refractivity contribution in [2.24, 2.45) is 10.8 Å². The minimum absolute atomic E-state index is 0.306. The summed E-state index contributed by atoms with van der Waals surface area (Å²) in [5.74, 6) is 2.46. The number of benzene rings is 2. The van der Waals surface area contributed by atoms with Crippen molar-refractivity contribution in [2.45, 2.75) is 37.8 Å². The van der Waals surface area contributed by atoms with E-state index in [2.05, 4.69) is 25.5 Å². The molecule has 0 radical (unpaired) electrons. The summed E-state index contributed by atoms with van der Waals surface area (Å²) >= 11 is 0. The molecule has 7 rings (SSSR count). The number of nitrogens with one attached hydrogen (secondary N) is 3. The molecule has 0 atom stereocenters. The fourth-order valence-electron chi connectivity index (χ4n) is 6.79. The van der Waals surface area contributed by atoms with Gasteiger partial charge in [0.15, 0.2) is 0 Å². The largest absolute Gasteiger partial charge is 0.457 e. The summed E-state index contributed by atoms with van der Waals surface area (Å²) in [6.07, 6.45) is 6.52. The Morgan fingerprint density at radius 1 is 0.946 bits per heavy atom. The Morgan fingerprint density at radius 3 is 2.32 bits per heavy atom. The molecule has 2 spiro atoms. The predicted molar refractivity (Wildman–Crippen MR) is 144 cm³/mol. The molecule has 8 heteroatoms. The second-order valence-electron chi connectivity index (χ2n) is 11.6. The number of para-hydroxylation sites is 1. The summed E-state index contributed by atoms with van der Waals surface area (Å²) in [5.41, 5.74) is 8.96. The standard InChI is InChI=1S/C29H33N7O/c30-25(19-6-8-23(9-7-19)37-22-4-2-1-3-5-22)24-26(31)33-18-34-27(24)35-20-10-29(11-20)16-36(17-29)21-12-28(13-21)14-32-15-28/h1-9,18,20-21,30,32H,10-17H2,(H3,31,33,34,35). The van der Waals surface area contributed by atoms with Gasteiger partial charge in [0, 0.05) is 43.8 Å². The van der Waals surface area contributed by atoms with Gasteiger partial charge in [-0.1, -0.05) is 18.2 Å². The van der Waals surface area contributed by atoms with Crippen LogP contribution in [0.1, 0.15) is 36.8 Å². The average Bonchev–Trinajstić information content (AvgIpc) is 2.80. The van der Waals surface area contributed by atoms with Crippen LogP contribution in [0, 0.1) is 16.2 Å². The highest BCUT2D eigenvalue weighted by atomic mass is 16.5. The van der Waals surface area contributed by atoms with Gasteiger partial charge < -0.3 is 21.1 Å². The van der Waals surface area contributed by atoms with Crippen LogP contribution in [0.4, 0.5) is 11.6 Å². The first-order valence-corrected chi connectivity index (χ1v) is 13.2. The molecule has 3 heterocycles. The molecule has 2 saturated carbocycles. The lowest BCUT2D eigenvalue weighted by Crippen LogP contribution is -2.72. The topological polar surface area (TPSA) is 112 Å². The number of hydrogen-bond acceptors (Lipinski definition) is 8. The number of aromatic nitrogens is 2. The van der Waals surface area contributed by atoms with Crippen molar-refractivity contribution in [3.8, 4) is 11.5 Å². The van der Waals surface area contributed by atoms with Gasteiger partial charge in [0.2, 0.25) is 0 Å². The number of rotatable bonds is 7. The first-order chi connectivity index (χ1) is 18.0. The van der Waals surface area contributed by atoms with E-state index in [-0.39, 0.29) is 0 Å². The molecule has 2 saturated heterocycles. The highest BCUT2D eigenvalue weighted by molar-refractivity contribution is 6.16. The van der Waals surface area contributed by atoms with Crippen LogP contribution in [0.25, 0.3) is 0 Å². The third kappa shape index (κ3) is 4.04. The van der Waals surface area contributed by atoms with Crippen molar-refractivity contribution < 1.29 is 4.74 Å². The second-order valence-corrected chi connectivity index (χ2v) is 11.6.